The number of hydrogen-bond donors (Lipinski definition) is 1. The van der Waals surface area contributed by atoms with E-state index in [0.29, 0.717) is 18.8 Å². The third kappa shape index (κ3) is 2.78. The molecule has 0 saturated carbocycles. The summed E-state index contributed by atoms with van der Waals surface area (Å²) in [6.07, 6.45) is 5.00. The van der Waals surface area contributed by atoms with E-state index in [0.717, 1.165) is 28.9 Å². The molecule has 21 heavy (non-hydrogen) atoms. The number of nitrogens with zero attached hydrogens (tertiary/aromatic N) is 1. The molecular formula is C16H17NO4. The number of rotatable bonds is 5. The Morgan fingerprint density at radius 2 is 2.33 bits per heavy atom. The summed E-state index contributed by atoms with van der Waals surface area (Å²) < 4.78 is 16.1. The van der Waals surface area contributed by atoms with Gasteiger partial charge in [0, 0.05) is 49.5 Å². The lowest BCUT2D eigenvalue weighted by Crippen LogP contribution is -2.05. The molecule has 0 bridgehead atoms. The van der Waals surface area contributed by atoms with E-state index in [1.807, 2.05) is 18.3 Å². The van der Waals surface area contributed by atoms with Gasteiger partial charge in [-0.25, -0.2) is 0 Å². The summed E-state index contributed by atoms with van der Waals surface area (Å²) in [6, 6.07) is 5.50. The van der Waals surface area contributed by atoms with Crippen LogP contribution in [0, 0.1) is 0 Å². The number of pyridine rings is 1. The van der Waals surface area contributed by atoms with Gasteiger partial charge in [-0.1, -0.05) is 6.07 Å². The van der Waals surface area contributed by atoms with Crippen LogP contribution in [0.1, 0.15) is 16.7 Å². The molecule has 0 unspecified atom stereocenters. The van der Waals surface area contributed by atoms with Crippen LogP contribution in [-0.2, 0) is 17.6 Å². The Labute approximate surface area is 123 Å². The lowest BCUT2D eigenvalue weighted by molar-refractivity contribution is 0.0485. The maximum Gasteiger partial charge on any atom is 0.188 e. The van der Waals surface area contributed by atoms with Crippen LogP contribution < -0.4 is 9.47 Å². The molecule has 1 aromatic heterocycles. The van der Waals surface area contributed by atoms with E-state index >= 15 is 0 Å². The summed E-state index contributed by atoms with van der Waals surface area (Å²) in [5.74, 6) is 1.27. The highest BCUT2D eigenvalue weighted by molar-refractivity contribution is 5.59. The molecule has 1 aliphatic rings. The van der Waals surface area contributed by atoms with Gasteiger partial charge >= 0.3 is 0 Å². The predicted octanol–water partition coefficient (Wildman–Crippen LogP) is 2.30. The first kappa shape index (κ1) is 13.7. The van der Waals surface area contributed by atoms with Crippen LogP contribution >= 0.6 is 0 Å². The summed E-state index contributed by atoms with van der Waals surface area (Å²) in [5.41, 5.74) is 3.08. The average molecular weight is 287 g/mol. The quantitative estimate of drug-likeness (QED) is 0.855. The number of aromatic nitrogens is 1. The molecule has 0 amide bonds. The Morgan fingerprint density at radius 3 is 3.10 bits per heavy atom. The fourth-order valence-electron chi connectivity index (χ4n) is 2.56. The predicted molar refractivity (Wildman–Crippen MR) is 76.9 cm³/mol. The first-order valence-corrected chi connectivity index (χ1v) is 6.80. The minimum atomic E-state index is 0.0755. The van der Waals surface area contributed by atoms with Crippen molar-refractivity contribution in [3.8, 4) is 17.2 Å². The second kappa shape index (κ2) is 6.01. The molecule has 1 N–H and O–H groups in total. The van der Waals surface area contributed by atoms with Crippen LogP contribution in [0.3, 0.4) is 0 Å². The van der Waals surface area contributed by atoms with Crippen LogP contribution in [0.5, 0.6) is 17.2 Å². The van der Waals surface area contributed by atoms with Crippen LogP contribution in [0.15, 0.2) is 30.6 Å². The van der Waals surface area contributed by atoms with Crippen LogP contribution in [0.2, 0.25) is 0 Å². The van der Waals surface area contributed by atoms with E-state index in [1.54, 1.807) is 19.4 Å². The van der Waals surface area contributed by atoms with E-state index < -0.39 is 0 Å². The molecule has 0 radical (unpaired) electrons. The third-order valence-corrected chi connectivity index (χ3v) is 3.47. The molecule has 1 aliphatic heterocycles. The molecule has 2 aromatic rings. The number of aromatic hydroxyl groups is 1. The number of methoxy groups -OCH3 is 1. The molecule has 0 aliphatic carbocycles. The van der Waals surface area contributed by atoms with Gasteiger partial charge in [0.2, 0.25) is 0 Å². The molecule has 5 heteroatoms. The van der Waals surface area contributed by atoms with Crippen LogP contribution in [-0.4, -0.2) is 30.6 Å². The molecule has 2 heterocycles. The minimum absolute atomic E-state index is 0.0755. The Bertz CT molecular complexity index is 628. The highest BCUT2D eigenvalue weighted by atomic mass is 16.7. The molecule has 5 nitrogen and oxygen atoms in total. The monoisotopic (exact) mass is 287 g/mol. The van der Waals surface area contributed by atoms with Crippen molar-refractivity contribution < 1.29 is 19.3 Å². The molecule has 0 fully saturated rings. The van der Waals surface area contributed by atoms with Gasteiger partial charge in [-0.2, -0.15) is 0 Å². The first-order valence-electron chi connectivity index (χ1n) is 6.80. The van der Waals surface area contributed by atoms with E-state index in [9.17, 15) is 5.11 Å². The van der Waals surface area contributed by atoms with Gasteiger partial charge in [-0.05, 0) is 11.6 Å². The van der Waals surface area contributed by atoms with Gasteiger partial charge in [-0.3, -0.25) is 4.98 Å². The first-order chi connectivity index (χ1) is 10.3. The number of hydrogen-bond acceptors (Lipinski definition) is 5. The van der Waals surface area contributed by atoms with E-state index in [-0.39, 0.29) is 12.5 Å². The van der Waals surface area contributed by atoms with Crippen molar-refractivity contribution in [3.05, 3.63) is 47.3 Å². The SMILES string of the molecule is COCOc1c(O)cc2c(c1Cc1cccnc1)CCO2. The molecular weight excluding hydrogens is 270 g/mol. The Morgan fingerprint density at radius 1 is 1.43 bits per heavy atom. The largest absolute Gasteiger partial charge is 0.504 e. The summed E-state index contributed by atoms with van der Waals surface area (Å²) in [6.45, 7) is 0.718. The lowest BCUT2D eigenvalue weighted by atomic mass is 9.97. The minimum Gasteiger partial charge on any atom is -0.504 e. The summed E-state index contributed by atoms with van der Waals surface area (Å²) >= 11 is 0. The molecule has 110 valence electrons. The smallest absolute Gasteiger partial charge is 0.188 e. The average Bonchev–Trinajstić information content (AvgIpc) is 2.96. The summed E-state index contributed by atoms with van der Waals surface area (Å²) in [4.78, 5) is 4.13. The summed E-state index contributed by atoms with van der Waals surface area (Å²) in [5, 5.41) is 10.2. The zero-order chi connectivity index (χ0) is 14.7. The zero-order valence-corrected chi connectivity index (χ0v) is 11.8. The van der Waals surface area contributed by atoms with Gasteiger partial charge < -0.3 is 19.3 Å². The Kier molecular flexibility index (Phi) is 3.92. The fraction of sp³-hybridized carbons (Fsp3) is 0.312. The van der Waals surface area contributed by atoms with Gasteiger partial charge in [0.1, 0.15) is 5.75 Å². The van der Waals surface area contributed by atoms with Crippen molar-refractivity contribution in [1.82, 2.24) is 4.98 Å². The number of phenols is 1. The second-order valence-corrected chi connectivity index (χ2v) is 4.87. The van der Waals surface area contributed by atoms with Crippen molar-refractivity contribution in [2.45, 2.75) is 12.8 Å². The fourth-order valence-corrected chi connectivity index (χ4v) is 2.56. The van der Waals surface area contributed by atoms with Crippen molar-refractivity contribution >= 4 is 0 Å². The van der Waals surface area contributed by atoms with Gasteiger partial charge in [0.05, 0.1) is 6.61 Å². The maximum absolute atomic E-state index is 10.2. The highest BCUT2D eigenvalue weighted by Crippen LogP contribution is 2.42. The van der Waals surface area contributed by atoms with Crippen molar-refractivity contribution in [3.63, 3.8) is 0 Å². The van der Waals surface area contributed by atoms with Gasteiger partial charge in [-0.15, -0.1) is 0 Å². The van der Waals surface area contributed by atoms with Crippen molar-refractivity contribution in [2.24, 2.45) is 0 Å². The van der Waals surface area contributed by atoms with E-state index in [1.165, 1.54) is 0 Å². The van der Waals surface area contributed by atoms with E-state index in [4.69, 9.17) is 14.2 Å². The normalized spacial score (nSPS) is 12.8. The van der Waals surface area contributed by atoms with Crippen molar-refractivity contribution in [1.29, 1.82) is 0 Å². The topological polar surface area (TPSA) is 60.8 Å². The third-order valence-electron chi connectivity index (χ3n) is 3.47. The van der Waals surface area contributed by atoms with Crippen LogP contribution in [0.25, 0.3) is 0 Å². The van der Waals surface area contributed by atoms with Gasteiger partial charge in [0.15, 0.2) is 18.3 Å². The summed E-state index contributed by atoms with van der Waals surface area (Å²) in [7, 11) is 1.55. The standard InChI is InChI=1S/C16H17NO4/c1-19-10-21-16-13(7-11-3-2-5-17-9-11)12-4-6-20-15(12)8-14(16)18/h2-3,5,8-9,18H,4,6-7,10H2,1H3. The number of fused-ring (bicyclic) bond motifs is 1. The van der Waals surface area contributed by atoms with Crippen LogP contribution in [0.4, 0.5) is 0 Å². The lowest BCUT2D eigenvalue weighted by Gasteiger charge is -2.16. The molecule has 1 aromatic carbocycles. The van der Waals surface area contributed by atoms with E-state index in [2.05, 4.69) is 4.98 Å². The molecule has 0 spiro atoms. The molecule has 3 rings (SSSR count). The number of benzene rings is 1. The Hall–Kier alpha value is -2.27. The molecule has 0 atom stereocenters. The van der Waals surface area contributed by atoms with Gasteiger partial charge in [0.25, 0.3) is 0 Å². The number of phenolic OH excluding ortho intramolecular Hbond substituents is 1. The number of ether oxygens (including phenoxy) is 3. The van der Waals surface area contributed by atoms with Crippen molar-refractivity contribution in [2.75, 3.05) is 20.5 Å². The molecule has 0 saturated heterocycles. The zero-order valence-electron chi connectivity index (χ0n) is 11.8. The second-order valence-electron chi connectivity index (χ2n) is 4.87. The highest BCUT2D eigenvalue weighted by Gasteiger charge is 2.24. The Balaban J connectivity index is 2.02. The maximum atomic E-state index is 10.2.